The summed E-state index contributed by atoms with van der Waals surface area (Å²) in [6.45, 7) is 21.7. The molecule has 258 valence electrons. The summed E-state index contributed by atoms with van der Waals surface area (Å²) in [6, 6.07) is 9.04. The fraction of sp³-hybridized carbons (Fsp3) is 0.618. The molecule has 12 heteroatoms. The Bertz CT molecular complexity index is 1300. The van der Waals surface area contributed by atoms with Gasteiger partial charge in [-0.3, -0.25) is 4.79 Å². The second kappa shape index (κ2) is 16.8. The van der Waals surface area contributed by atoms with Crippen LogP contribution in [0.1, 0.15) is 71.3 Å². The monoisotopic (exact) mass is 741 g/mol. The van der Waals surface area contributed by atoms with Crippen LogP contribution in [0.2, 0.25) is 23.3 Å². The lowest BCUT2D eigenvalue weighted by Gasteiger charge is -2.43. The largest absolute Gasteiger partial charge is 0.497 e. The Morgan fingerprint density at radius 1 is 1.04 bits per heavy atom. The van der Waals surface area contributed by atoms with E-state index in [1.165, 1.54) is 0 Å². The molecular formula is C34H53BrClN3O6Si. The molecule has 3 atom stereocenters. The summed E-state index contributed by atoms with van der Waals surface area (Å²) in [5.41, 5.74) is 0.651. The molecule has 0 aliphatic heterocycles. The lowest BCUT2D eigenvalue weighted by molar-refractivity contribution is 0.00827. The molecule has 1 heterocycles. The number of carbonyl (C=O) groups excluding carboxylic acids is 2. The average molecular weight is 743 g/mol. The van der Waals surface area contributed by atoms with E-state index in [0.29, 0.717) is 24.2 Å². The molecule has 0 spiro atoms. The minimum absolute atomic E-state index is 0.0664. The molecule has 2 aromatic rings. The van der Waals surface area contributed by atoms with Gasteiger partial charge in [-0.15, -0.1) is 0 Å². The molecule has 46 heavy (non-hydrogen) atoms. The number of hydrogen-bond donors (Lipinski definition) is 0. The first-order valence-corrected chi connectivity index (χ1v) is 19.7. The molecule has 2 amide bonds. The number of methoxy groups -OCH3 is 1. The summed E-state index contributed by atoms with van der Waals surface area (Å²) >= 11 is 9.87. The number of amides is 2. The first-order valence-electron chi connectivity index (χ1n) is 15.6. The molecule has 0 saturated heterocycles. The van der Waals surface area contributed by atoms with Crippen LogP contribution in [0.3, 0.4) is 0 Å². The molecule has 2 rings (SSSR count). The van der Waals surface area contributed by atoms with E-state index in [-0.39, 0.29) is 46.3 Å². The number of rotatable bonds is 14. The van der Waals surface area contributed by atoms with Gasteiger partial charge in [-0.05, 0) is 85.5 Å². The summed E-state index contributed by atoms with van der Waals surface area (Å²) < 4.78 is 24.6. The third-order valence-corrected chi connectivity index (χ3v) is 13.4. The molecule has 0 aliphatic carbocycles. The van der Waals surface area contributed by atoms with Crippen LogP contribution in [0, 0.1) is 5.92 Å². The van der Waals surface area contributed by atoms with Crippen LogP contribution in [0.5, 0.6) is 5.75 Å². The van der Waals surface area contributed by atoms with Gasteiger partial charge in [-0.1, -0.05) is 51.4 Å². The number of pyridine rings is 1. The number of benzene rings is 1. The van der Waals surface area contributed by atoms with Crippen molar-refractivity contribution in [1.29, 1.82) is 0 Å². The van der Waals surface area contributed by atoms with Crippen molar-refractivity contribution in [1.82, 2.24) is 14.8 Å². The van der Waals surface area contributed by atoms with E-state index in [9.17, 15) is 9.59 Å². The topological polar surface area (TPSA) is 90.4 Å². The smallest absolute Gasteiger partial charge is 0.410 e. The predicted octanol–water partition coefficient (Wildman–Crippen LogP) is 8.45. The SMILES string of the molecule is COc1ccc(COCC(C)N(CC(C)C(CN(C)C(=O)OC(C)(C)C)O[Si](C)(C)C(C)(C)C)C(=O)c2cc(Br)cnc2Cl)cc1. The van der Waals surface area contributed by atoms with Gasteiger partial charge >= 0.3 is 6.09 Å². The number of ether oxygens (including phenoxy) is 3. The normalized spacial score (nSPS) is 14.3. The second-order valence-corrected chi connectivity index (χ2v) is 20.4. The number of aromatic nitrogens is 1. The zero-order valence-corrected chi connectivity index (χ0v) is 32.9. The van der Waals surface area contributed by atoms with Gasteiger partial charge in [0.25, 0.3) is 5.91 Å². The molecule has 9 nitrogen and oxygen atoms in total. The van der Waals surface area contributed by atoms with Gasteiger partial charge in [0, 0.05) is 36.7 Å². The summed E-state index contributed by atoms with van der Waals surface area (Å²) in [4.78, 5) is 34.6. The van der Waals surface area contributed by atoms with Crippen LogP contribution >= 0.6 is 27.5 Å². The molecule has 3 unspecified atom stereocenters. The Labute approximate surface area is 290 Å². The molecular weight excluding hydrogens is 690 g/mol. The first-order chi connectivity index (χ1) is 21.1. The molecule has 0 N–H and O–H groups in total. The van der Waals surface area contributed by atoms with Crippen molar-refractivity contribution < 1.29 is 28.2 Å². The van der Waals surface area contributed by atoms with Crippen molar-refractivity contribution in [2.45, 2.75) is 97.9 Å². The molecule has 0 bridgehead atoms. The summed E-state index contributed by atoms with van der Waals surface area (Å²) in [5.74, 6) is 0.331. The minimum Gasteiger partial charge on any atom is -0.497 e. The Kier molecular flexibility index (Phi) is 14.6. The van der Waals surface area contributed by atoms with E-state index < -0.39 is 20.0 Å². The summed E-state index contributed by atoms with van der Waals surface area (Å²) in [6.07, 6.45) is 0.754. The van der Waals surface area contributed by atoms with Gasteiger partial charge in [-0.2, -0.15) is 0 Å². The van der Waals surface area contributed by atoms with Crippen LogP contribution in [-0.2, 0) is 20.5 Å². The van der Waals surface area contributed by atoms with E-state index in [1.807, 2.05) is 58.9 Å². The van der Waals surface area contributed by atoms with Crippen molar-refractivity contribution in [3.63, 3.8) is 0 Å². The van der Waals surface area contributed by atoms with Crippen LogP contribution in [0.15, 0.2) is 41.0 Å². The Hall–Kier alpha value is -2.18. The Balaban J connectivity index is 2.39. The highest BCUT2D eigenvalue weighted by Crippen LogP contribution is 2.38. The zero-order valence-electron chi connectivity index (χ0n) is 29.6. The first kappa shape index (κ1) is 40.0. The van der Waals surface area contributed by atoms with E-state index in [0.717, 1.165) is 11.3 Å². The van der Waals surface area contributed by atoms with Crippen molar-refractivity contribution >= 4 is 47.8 Å². The number of carbonyl (C=O) groups is 2. The minimum atomic E-state index is -2.28. The zero-order chi connectivity index (χ0) is 35.0. The van der Waals surface area contributed by atoms with Crippen molar-refractivity contribution in [3.8, 4) is 5.75 Å². The maximum absolute atomic E-state index is 14.1. The van der Waals surface area contributed by atoms with Gasteiger partial charge in [0.05, 0.1) is 38.0 Å². The quantitative estimate of drug-likeness (QED) is 0.142. The second-order valence-electron chi connectivity index (χ2n) is 14.4. The third-order valence-electron chi connectivity index (χ3n) is 8.15. The van der Waals surface area contributed by atoms with Crippen LogP contribution in [0.4, 0.5) is 4.79 Å². The number of likely N-dealkylation sites (N-methyl/N-ethyl adjacent to an activating group) is 1. The van der Waals surface area contributed by atoms with E-state index in [2.05, 4.69) is 54.8 Å². The van der Waals surface area contributed by atoms with E-state index in [1.54, 1.807) is 36.2 Å². The molecule has 1 aromatic heterocycles. The highest BCUT2D eigenvalue weighted by Gasteiger charge is 2.41. The molecule has 0 radical (unpaired) electrons. The van der Waals surface area contributed by atoms with Crippen LogP contribution in [-0.4, -0.2) is 86.7 Å². The third kappa shape index (κ3) is 12.1. The van der Waals surface area contributed by atoms with E-state index >= 15 is 0 Å². The van der Waals surface area contributed by atoms with Gasteiger partial charge in [0.2, 0.25) is 0 Å². The maximum atomic E-state index is 14.1. The number of nitrogens with zero attached hydrogens (tertiary/aromatic N) is 3. The van der Waals surface area contributed by atoms with Gasteiger partial charge < -0.3 is 28.4 Å². The number of hydrogen-bond acceptors (Lipinski definition) is 7. The fourth-order valence-electron chi connectivity index (χ4n) is 4.35. The molecule has 0 aliphatic rings. The van der Waals surface area contributed by atoms with Crippen molar-refractivity contribution in [2.75, 3.05) is 33.9 Å². The fourth-order valence-corrected chi connectivity index (χ4v) is 6.28. The van der Waals surface area contributed by atoms with Crippen molar-refractivity contribution in [2.24, 2.45) is 5.92 Å². The molecule has 0 saturated carbocycles. The molecule has 1 aromatic carbocycles. The summed E-state index contributed by atoms with van der Waals surface area (Å²) in [7, 11) is 1.06. The lowest BCUT2D eigenvalue weighted by Crippen LogP contribution is -2.52. The predicted molar refractivity (Wildman–Crippen MR) is 190 cm³/mol. The van der Waals surface area contributed by atoms with Crippen molar-refractivity contribution in [3.05, 3.63) is 57.3 Å². The Morgan fingerprint density at radius 3 is 2.20 bits per heavy atom. The molecule has 0 fully saturated rings. The Morgan fingerprint density at radius 2 is 1.65 bits per heavy atom. The highest BCUT2D eigenvalue weighted by atomic mass is 79.9. The highest BCUT2D eigenvalue weighted by molar-refractivity contribution is 9.10. The van der Waals surface area contributed by atoms with Crippen LogP contribution < -0.4 is 4.74 Å². The maximum Gasteiger partial charge on any atom is 0.410 e. The summed E-state index contributed by atoms with van der Waals surface area (Å²) in [5, 5.41) is 0.0548. The van der Waals surface area contributed by atoms with Gasteiger partial charge in [-0.25, -0.2) is 9.78 Å². The van der Waals surface area contributed by atoms with E-state index in [4.69, 9.17) is 30.2 Å². The van der Waals surface area contributed by atoms with Gasteiger partial charge in [0.15, 0.2) is 8.32 Å². The van der Waals surface area contributed by atoms with Crippen LogP contribution in [0.25, 0.3) is 0 Å². The van der Waals surface area contributed by atoms with Gasteiger partial charge in [0.1, 0.15) is 16.5 Å². The standard InChI is InChI=1S/C34H53BrClN3O6Si/c1-23(29(45-46(11,12)34(6,7)8)20-38(9)32(41)44-33(3,4)5)19-39(31(40)28-17-26(35)18-37-30(28)36)24(2)21-43-22-25-13-15-27(42-10)16-14-25/h13-18,23-24,29H,19-22H2,1-12H3. The average Bonchev–Trinajstić information content (AvgIpc) is 2.94. The lowest BCUT2D eigenvalue weighted by atomic mass is 10.0. The number of halogens is 2.